The first kappa shape index (κ1) is 21.6. The molecule has 0 aliphatic carbocycles. The molecule has 29 heavy (non-hydrogen) atoms. The zero-order valence-corrected chi connectivity index (χ0v) is 15.8. The standard InChI is InChI=1S/C21H21NO7/c1-27-21(26)17(11-15-7-3-2-4-8-15)22-19(24)13-29-20(25)14-28-18-10-6-5-9-16(18)12-23/h2-10,12,17H,11,13-14H2,1H3,(H,22,24)/t17-/m1/s1. The van der Waals surface area contributed by atoms with Crippen molar-refractivity contribution < 1.29 is 33.4 Å². The summed E-state index contributed by atoms with van der Waals surface area (Å²) in [6.45, 7) is -1.05. The van der Waals surface area contributed by atoms with E-state index in [0.29, 0.717) is 11.8 Å². The monoisotopic (exact) mass is 399 g/mol. The number of benzene rings is 2. The molecule has 2 aromatic rings. The fraction of sp³-hybridized carbons (Fsp3) is 0.238. The Labute approximate surface area is 167 Å². The zero-order valence-electron chi connectivity index (χ0n) is 15.8. The van der Waals surface area contributed by atoms with Crippen molar-refractivity contribution in [1.82, 2.24) is 5.32 Å². The van der Waals surface area contributed by atoms with Gasteiger partial charge in [-0.3, -0.25) is 9.59 Å². The molecule has 0 saturated heterocycles. The van der Waals surface area contributed by atoms with Crippen LogP contribution in [0.1, 0.15) is 15.9 Å². The van der Waals surface area contributed by atoms with Gasteiger partial charge in [0, 0.05) is 6.42 Å². The molecule has 0 radical (unpaired) electrons. The molecule has 0 aliphatic rings. The van der Waals surface area contributed by atoms with Gasteiger partial charge in [-0.15, -0.1) is 0 Å². The van der Waals surface area contributed by atoms with Crippen molar-refractivity contribution in [1.29, 1.82) is 0 Å². The lowest BCUT2D eigenvalue weighted by Gasteiger charge is -2.16. The van der Waals surface area contributed by atoms with E-state index in [0.717, 1.165) is 5.56 Å². The van der Waals surface area contributed by atoms with Gasteiger partial charge in [-0.2, -0.15) is 0 Å². The number of esters is 2. The highest BCUT2D eigenvalue weighted by Gasteiger charge is 2.22. The van der Waals surface area contributed by atoms with Crippen LogP contribution in [-0.4, -0.2) is 50.5 Å². The van der Waals surface area contributed by atoms with E-state index >= 15 is 0 Å². The normalized spacial score (nSPS) is 11.1. The Morgan fingerprint density at radius 3 is 2.38 bits per heavy atom. The first-order valence-electron chi connectivity index (χ1n) is 8.77. The molecule has 152 valence electrons. The van der Waals surface area contributed by atoms with Gasteiger partial charge in [-0.1, -0.05) is 42.5 Å². The maximum Gasteiger partial charge on any atom is 0.344 e. The van der Waals surface area contributed by atoms with Crippen molar-refractivity contribution in [3.8, 4) is 5.75 Å². The van der Waals surface area contributed by atoms with Crippen LogP contribution in [0.3, 0.4) is 0 Å². The van der Waals surface area contributed by atoms with Crippen LogP contribution < -0.4 is 10.1 Å². The van der Waals surface area contributed by atoms with Gasteiger partial charge in [0.15, 0.2) is 19.5 Å². The van der Waals surface area contributed by atoms with Gasteiger partial charge < -0.3 is 19.5 Å². The van der Waals surface area contributed by atoms with E-state index in [1.54, 1.807) is 18.2 Å². The summed E-state index contributed by atoms with van der Waals surface area (Å²) in [5.74, 6) is -1.82. The molecule has 1 amide bonds. The summed E-state index contributed by atoms with van der Waals surface area (Å²) in [4.78, 5) is 46.7. The summed E-state index contributed by atoms with van der Waals surface area (Å²) >= 11 is 0. The molecule has 0 saturated carbocycles. The molecule has 0 bridgehead atoms. The molecule has 1 atom stereocenters. The van der Waals surface area contributed by atoms with Crippen molar-refractivity contribution in [2.75, 3.05) is 20.3 Å². The molecule has 0 heterocycles. The highest BCUT2D eigenvalue weighted by Crippen LogP contribution is 2.15. The van der Waals surface area contributed by atoms with E-state index in [2.05, 4.69) is 5.32 Å². The summed E-state index contributed by atoms with van der Waals surface area (Å²) in [7, 11) is 1.22. The molecule has 2 rings (SSSR count). The van der Waals surface area contributed by atoms with Crippen LogP contribution in [-0.2, 0) is 30.3 Å². The van der Waals surface area contributed by atoms with Crippen LogP contribution in [0, 0.1) is 0 Å². The number of methoxy groups -OCH3 is 1. The number of hydrogen-bond donors (Lipinski definition) is 1. The topological polar surface area (TPSA) is 108 Å². The fourth-order valence-electron chi connectivity index (χ4n) is 2.46. The van der Waals surface area contributed by atoms with E-state index in [1.807, 2.05) is 30.3 Å². The van der Waals surface area contributed by atoms with Gasteiger partial charge in [0.05, 0.1) is 12.7 Å². The number of amides is 1. The smallest absolute Gasteiger partial charge is 0.344 e. The minimum atomic E-state index is -0.913. The van der Waals surface area contributed by atoms with E-state index in [9.17, 15) is 19.2 Å². The molecule has 2 aromatic carbocycles. The quantitative estimate of drug-likeness (QED) is 0.474. The van der Waals surface area contributed by atoms with Gasteiger partial charge in [-0.25, -0.2) is 9.59 Å². The maximum atomic E-state index is 12.1. The maximum absolute atomic E-state index is 12.1. The van der Waals surface area contributed by atoms with E-state index < -0.39 is 37.1 Å². The summed E-state index contributed by atoms with van der Waals surface area (Å²) in [6.07, 6.45) is 0.840. The number of nitrogens with one attached hydrogen (secondary N) is 1. The Balaban J connectivity index is 1.82. The largest absolute Gasteiger partial charge is 0.481 e. The second-order valence-electron chi connectivity index (χ2n) is 5.94. The second kappa shape index (κ2) is 11.2. The Morgan fingerprint density at radius 1 is 1.00 bits per heavy atom. The third-order valence-corrected chi connectivity index (χ3v) is 3.86. The lowest BCUT2D eigenvalue weighted by atomic mass is 10.1. The van der Waals surface area contributed by atoms with Gasteiger partial charge in [0.1, 0.15) is 11.8 Å². The first-order valence-corrected chi connectivity index (χ1v) is 8.77. The molecule has 1 N–H and O–H groups in total. The van der Waals surface area contributed by atoms with Gasteiger partial charge in [-0.05, 0) is 17.7 Å². The Bertz CT molecular complexity index is 851. The van der Waals surface area contributed by atoms with Crippen LogP contribution in [0.4, 0.5) is 0 Å². The zero-order chi connectivity index (χ0) is 21.1. The second-order valence-corrected chi connectivity index (χ2v) is 5.94. The number of carbonyl (C=O) groups excluding carboxylic acids is 4. The van der Waals surface area contributed by atoms with Gasteiger partial charge in [0.2, 0.25) is 0 Å². The number of aldehydes is 1. The number of carbonyl (C=O) groups is 4. The van der Waals surface area contributed by atoms with Crippen molar-refractivity contribution in [2.45, 2.75) is 12.5 Å². The highest BCUT2D eigenvalue weighted by atomic mass is 16.6. The molecule has 0 aromatic heterocycles. The predicted octanol–water partition coefficient (Wildman–Crippen LogP) is 1.32. The average Bonchev–Trinajstić information content (AvgIpc) is 2.76. The van der Waals surface area contributed by atoms with Crippen LogP contribution in [0.5, 0.6) is 5.75 Å². The van der Waals surface area contributed by atoms with Gasteiger partial charge >= 0.3 is 11.9 Å². The number of para-hydroxylation sites is 1. The summed E-state index contributed by atoms with van der Waals surface area (Å²) in [5, 5.41) is 2.49. The third-order valence-electron chi connectivity index (χ3n) is 3.86. The minimum absolute atomic E-state index is 0.234. The van der Waals surface area contributed by atoms with E-state index in [-0.39, 0.29) is 12.2 Å². The molecule has 8 nitrogen and oxygen atoms in total. The van der Waals surface area contributed by atoms with Crippen LogP contribution in [0.2, 0.25) is 0 Å². The molecule has 8 heteroatoms. The first-order chi connectivity index (χ1) is 14.0. The van der Waals surface area contributed by atoms with Crippen molar-refractivity contribution >= 4 is 24.1 Å². The molecule has 0 spiro atoms. The lowest BCUT2D eigenvalue weighted by Crippen LogP contribution is -2.44. The van der Waals surface area contributed by atoms with E-state index in [1.165, 1.54) is 13.2 Å². The Hall–Kier alpha value is -3.68. The van der Waals surface area contributed by atoms with Crippen molar-refractivity contribution in [3.05, 3.63) is 65.7 Å². The summed E-state index contributed by atoms with van der Waals surface area (Å²) in [5.41, 5.74) is 1.13. The highest BCUT2D eigenvalue weighted by molar-refractivity contribution is 5.86. The lowest BCUT2D eigenvalue weighted by molar-refractivity contribution is -0.151. The van der Waals surface area contributed by atoms with Gasteiger partial charge in [0.25, 0.3) is 5.91 Å². The fourth-order valence-corrected chi connectivity index (χ4v) is 2.46. The molecular weight excluding hydrogens is 378 g/mol. The summed E-state index contributed by atoms with van der Waals surface area (Å²) in [6, 6.07) is 14.6. The minimum Gasteiger partial charge on any atom is -0.481 e. The third kappa shape index (κ3) is 7.10. The summed E-state index contributed by atoms with van der Waals surface area (Å²) < 4.78 is 14.8. The van der Waals surface area contributed by atoms with Crippen LogP contribution >= 0.6 is 0 Å². The van der Waals surface area contributed by atoms with Crippen LogP contribution in [0.15, 0.2) is 54.6 Å². The average molecular weight is 399 g/mol. The molecular formula is C21H21NO7. The van der Waals surface area contributed by atoms with E-state index in [4.69, 9.17) is 14.2 Å². The molecule has 0 unspecified atom stereocenters. The number of rotatable bonds is 10. The van der Waals surface area contributed by atoms with Crippen molar-refractivity contribution in [3.63, 3.8) is 0 Å². The number of hydrogen-bond acceptors (Lipinski definition) is 7. The molecule has 0 aliphatic heterocycles. The molecule has 0 fully saturated rings. The van der Waals surface area contributed by atoms with Crippen LogP contribution in [0.25, 0.3) is 0 Å². The van der Waals surface area contributed by atoms with Crippen molar-refractivity contribution in [2.24, 2.45) is 0 Å². The number of ether oxygens (including phenoxy) is 3. The Morgan fingerprint density at radius 2 is 1.69 bits per heavy atom. The SMILES string of the molecule is COC(=O)[C@@H](Cc1ccccc1)NC(=O)COC(=O)COc1ccccc1C=O. The predicted molar refractivity (Wildman–Crippen MR) is 102 cm³/mol. The Kier molecular flexibility index (Phi) is 8.37.